The molecule has 13 heavy (non-hydrogen) atoms. The predicted molar refractivity (Wildman–Crippen MR) is 52.0 cm³/mol. The highest BCUT2D eigenvalue weighted by Gasteiger charge is 2.19. The lowest BCUT2D eigenvalue weighted by Crippen LogP contribution is -2.24. The minimum Gasteiger partial charge on any atom is -0.364 e. The molecule has 0 aliphatic rings. The van der Waals surface area contributed by atoms with E-state index in [1.54, 1.807) is 0 Å². The van der Waals surface area contributed by atoms with Crippen molar-refractivity contribution in [3.05, 3.63) is 24.0 Å². The first-order chi connectivity index (χ1) is 6.33. The van der Waals surface area contributed by atoms with E-state index in [-0.39, 0.29) is 12.0 Å². The van der Waals surface area contributed by atoms with Crippen LogP contribution in [0, 0.1) is 17.2 Å². The fourth-order valence-electron chi connectivity index (χ4n) is 1.51. The van der Waals surface area contributed by atoms with E-state index in [9.17, 15) is 0 Å². The molecule has 3 heteroatoms. The number of aromatic nitrogens is 1. The number of H-pyrrole nitrogens is 1. The molecule has 1 heterocycles. The first-order valence-corrected chi connectivity index (χ1v) is 4.53. The predicted octanol–water partition coefficient (Wildman–Crippen LogP) is 1.82. The lowest BCUT2D eigenvalue weighted by Gasteiger charge is -2.18. The zero-order valence-electron chi connectivity index (χ0n) is 8.04. The first-order valence-electron chi connectivity index (χ1n) is 4.53. The summed E-state index contributed by atoms with van der Waals surface area (Å²) in [6.07, 6.45) is 2.74. The molecule has 0 saturated carbocycles. The van der Waals surface area contributed by atoms with Crippen molar-refractivity contribution >= 4 is 0 Å². The van der Waals surface area contributed by atoms with E-state index in [2.05, 4.69) is 16.4 Å². The van der Waals surface area contributed by atoms with Crippen molar-refractivity contribution in [1.82, 2.24) is 10.3 Å². The second kappa shape index (κ2) is 4.68. The van der Waals surface area contributed by atoms with Gasteiger partial charge in [0.15, 0.2) is 0 Å². The maximum absolute atomic E-state index is 8.92. The van der Waals surface area contributed by atoms with Crippen molar-refractivity contribution in [1.29, 1.82) is 5.26 Å². The van der Waals surface area contributed by atoms with Gasteiger partial charge in [-0.15, -0.1) is 0 Å². The summed E-state index contributed by atoms with van der Waals surface area (Å²) >= 11 is 0. The van der Waals surface area contributed by atoms with E-state index in [1.165, 1.54) is 0 Å². The molecule has 0 fully saturated rings. The van der Waals surface area contributed by atoms with Gasteiger partial charge in [-0.2, -0.15) is 5.26 Å². The highest BCUT2D eigenvalue weighted by Crippen LogP contribution is 2.21. The molecule has 1 aromatic rings. The molecule has 1 aromatic heterocycles. The Labute approximate surface area is 78.8 Å². The third-order valence-corrected chi connectivity index (χ3v) is 2.28. The molecule has 0 aromatic carbocycles. The largest absolute Gasteiger partial charge is 0.364 e. The molecule has 2 unspecified atom stereocenters. The number of nitrogens with one attached hydrogen (secondary N) is 2. The van der Waals surface area contributed by atoms with Crippen LogP contribution in [0.4, 0.5) is 0 Å². The van der Waals surface area contributed by atoms with Gasteiger partial charge in [-0.1, -0.05) is 6.92 Å². The Bertz CT molecular complexity index is 271. The van der Waals surface area contributed by atoms with Crippen LogP contribution in [0.3, 0.4) is 0 Å². The van der Waals surface area contributed by atoms with Crippen molar-refractivity contribution in [2.45, 2.75) is 19.4 Å². The number of nitriles is 1. The number of hydrogen-bond donors (Lipinski definition) is 2. The summed E-state index contributed by atoms with van der Waals surface area (Å²) in [6, 6.07) is 6.37. The molecule has 3 nitrogen and oxygen atoms in total. The van der Waals surface area contributed by atoms with Gasteiger partial charge in [0.05, 0.1) is 18.0 Å². The van der Waals surface area contributed by atoms with Crippen molar-refractivity contribution in [2.75, 3.05) is 7.05 Å². The second-order valence-corrected chi connectivity index (χ2v) is 3.04. The molecule has 0 bridgehead atoms. The Morgan fingerprint density at radius 1 is 1.69 bits per heavy atom. The number of aromatic amines is 1. The standard InChI is InChI=1S/C10H15N3/c1-3-8(7-11)10(12-2)9-5-4-6-13-9/h4-6,8,10,12-13H,3H2,1-2H3. The fraction of sp³-hybridized carbons (Fsp3) is 0.500. The topological polar surface area (TPSA) is 51.6 Å². The summed E-state index contributed by atoms with van der Waals surface area (Å²) in [7, 11) is 1.88. The number of rotatable bonds is 4. The van der Waals surface area contributed by atoms with Crippen LogP contribution >= 0.6 is 0 Å². The maximum Gasteiger partial charge on any atom is 0.0676 e. The van der Waals surface area contributed by atoms with Crippen LogP contribution < -0.4 is 5.32 Å². The lowest BCUT2D eigenvalue weighted by molar-refractivity contribution is 0.441. The van der Waals surface area contributed by atoms with Crippen LogP contribution in [0.1, 0.15) is 25.1 Å². The Morgan fingerprint density at radius 2 is 2.46 bits per heavy atom. The highest BCUT2D eigenvalue weighted by molar-refractivity contribution is 5.13. The zero-order chi connectivity index (χ0) is 9.68. The van der Waals surface area contributed by atoms with Crippen LogP contribution in [0.2, 0.25) is 0 Å². The van der Waals surface area contributed by atoms with Gasteiger partial charge in [-0.3, -0.25) is 0 Å². The van der Waals surface area contributed by atoms with Gasteiger partial charge >= 0.3 is 0 Å². The minimum atomic E-state index is 0.0312. The maximum atomic E-state index is 8.92. The molecule has 0 spiro atoms. The Morgan fingerprint density at radius 3 is 2.85 bits per heavy atom. The molecule has 0 aliphatic heterocycles. The Kier molecular flexibility index (Phi) is 3.53. The number of nitrogens with zero attached hydrogens (tertiary/aromatic N) is 1. The van der Waals surface area contributed by atoms with Crippen molar-refractivity contribution in [3.63, 3.8) is 0 Å². The molecule has 2 N–H and O–H groups in total. The summed E-state index contributed by atoms with van der Waals surface area (Å²) in [5.41, 5.74) is 1.08. The van der Waals surface area contributed by atoms with Gasteiger partial charge in [-0.05, 0) is 25.6 Å². The van der Waals surface area contributed by atoms with Gasteiger partial charge in [0.1, 0.15) is 0 Å². The van der Waals surface area contributed by atoms with Gasteiger partial charge in [-0.25, -0.2) is 0 Å². The van der Waals surface area contributed by atoms with Crippen molar-refractivity contribution in [3.8, 4) is 6.07 Å². The summed E-state index contributed by atoms with van der Waals surface area (Å²) < 4.78 is 0. The summed E-state index contributed by atoms with van der Waals surface area (Å²) in [6.45, 7) is 2.03. The average Bonchev–Trinajstić information content (AvgIpc) is 2.66. The van der Waals surface area contributed by atoms with Gasteiger partial charge in [0.2, 0.25) is 0 Å². The van der Waals surface area contributed by atoms with Crippen molar-refractivity contribution < 1.29 is 0 Å². The molecule has 70 valence electrons. The Balaban J connectivity index is 2.79. The summed E-state index contributed by atoms with van der Waals surface area (Å²) in [5.74, 6) is 0.0312. The summed E-state index contributed by atoms with van der Waals surface area (Å²) in [4.78, 5) is 3.12. The molecular weight excluding hydrogens is 162 g/mol. The SMILES string of the molecule is CCC(C#N)C(NC)c1ccc[nH]1. The van der Waals surface area contributed by atoms with E-state index in [4.69, 9.17) is 5.26 Å². The van der Waals surface area contributed by atoms with Gasteiger partial charge in [0, 0.05) is 11.9 Å². The number of hydrogen-bond acceptors (Lipinski definition) is 2. The third-order valence-electron chi connectivity index (χ3n) is 2.28. The molecular formula is C10H15N3. The van der Waals surface area contributed by atoms with Crippen LogP contribution in [0.5, 0.6) is 0 Å². The molecule has 1 rings (SSSR count). The van der Waals surface area contributed by atoms with Crippen LogP contribution in [0.15, 0.2) is 18.3 Å². The molecule has 0 aliphatic carbocycles. The fourth-order valence-corrected chi connectivity index (χ4v) is 1.51. The molecule has 0 amide bonds. The monoisotopic (exact) mass is 177 g/mol. The molecule has 2 atom stereocenters. The van der Waals surface area contributed by atoms with Crippen LogP contribution in [-0.4, -0.2) is 12.0 Å². The molecule has 0 radical (unpaired) electrons. The van der Waals surface area contributed by atoms with E-state index in [0.29, 0.717) is 0 Å². The minimum absolute atomic E-state index is 0.0312. The summed E-state index contributed by atoms with van der Waals surface area (Å²) in [5, 5.41) is 12.1. The van der Waals surface area contributed by atoms with E-state index in [0.717, 1.165) is 12.1 Å². The van der Waals surface area contributed by atoms with Crippen molar-refractivity contribution in [2.24, 2.45) is 5.92 Å². The zero-order valence-corrected chi connectivity index (χ0v) is 8.04. The normalized spacial score (nSPS) is 14.8. The highest BCUT2D eigenvalue weighted by atomic mass is 14.9. The third kappa shape index (κ3) is 2.10. The van der Waals surface area contributed by atoms with Gasteiger partial charge in [0.25, 0.3) is 0 Å². The molecule has 0 saturated heterocycles. The average molecular weight is 177 g/mol. The Hall–Kier alpha value is -1.27. The quantitative estimate of drug-likeness (QED) is 0.737. The van der Waals surface area contributed by atoms with Gasteiger partial charge < -0.3 is 10.3 Å². The van der Waals surface area contributed by atoms with E-state index in [1.807, 2.05) is 32.3 Å². The van der Waals surface area contributed by atoms with Crippen LogP contribution in [-0.2, 0) is 0 Å². The first kappa shape index (κ1) is 9.82. The lowest BCUT2D eigenvalue weighted by atomic mass is 9.96. The smallest absolute Gasteiger partial charge is 0.0676 e. The second-order valence-electron chi connectivity index (χ2n) is 3.04. The van der Waals surface area contributed by atoms with E-state index >= 15 is 0 Å². The van der Waals surface area contributed by atoms with Crippen LogP contribution in [0.25, 0.3) is 0 Å². The van der Waals surface area contributed by atoms with E-state index < -0.39 is 0 Å².